The predicted molar refractivity (Wildman–Crippen MR) is 126 cm³/mol. The third-order valence-electron chi connectivity index (χ3n) is 5.86. The number of hydrogen-bond acceptors (Lipinski definition) is 4. The van der Waals surface area contributed by atoms with Crippen LogP contribution in [0.1, 0.15) is 42.5 Å². The number of aryl methyl sites for hydroxylation is 1. The van der Waals surface area contributed by atoms with E-state index in [4.69, 9.17) is 9.72 Å². The van der Waals surface area contributed by atoms with Gasteiger partial charge < -0.3 is 14.7 Å². The molecule has 1 aromatic heterocycles. The number of rotatable bonds is 6. The van der Waals surface area contributed by atoms with Gasteiger partial charge in [0, 0.05) is 46.1 Å². The van der Waals surface area contributed by atoms with Gasteiger partial charge in [-0.1, -0.05) is 34.2 Å². The molecule has 1 N–H and O–H groups in total. The molecule has 0 spiro atoms. The van der Waals surface area contributed by atoms with Crippen LogP contribution >= 0.6 is 15.9 Å². The van der Waals surface area contributed by atoms with Gasteiger partial charge in [-0.15, -0.1) is 0 Å². The van der Waals surface area contributed by atoms with E-state index in [9.17, 15) is 5.11 Å². The van der Waals surface area contributed by atoms with E-state index in [1.54, 1.807) is 0 Å². The number of fused-ring (bicyclic) bond motifs is 1. The van der Waals surface area contributed by atoms with Crippen LogP contribution in [0.4, 0.5) is 0 Å². The highest BCUT2D eigenvalue weighted by atomic mass is 79.9. The van der Waals surface area contributed by atoms with Crippen LogP contribution in [-0.4, -0.2) is 42.2 Å². The molecule has 0 amide bonds. The van der Waals surface area contributed by atoms with Gasteiger partial charge in [-0.3, -0.25) is 4.98 Å². The number of aliphatic hydroxyl groups is 1. The van der Waals surface area contributed by atoms with Crippen molar-refractivity contribution in [1.82, 2.24) is 9.88 Å². The van der Waals surface area contributed by atoms with E-state index in [-0.39, 0.29) is 0 Å². The van der Waals surface area contributed by atoms with Crippen LogP contribution < -0.4 is 0 Å². The summed E-state index contributed by atoms with van der Waals surface area (Å²) in [5.41, 5.74) is 3.76. The molecule has 1 unspecified atom stereocenters. The lowest BCUT2D eigenvalue weighted by atomic mass is 9.85. The molecule has 158 valence electrons. The summed E-state index contributed by atoms with van der Waals surface area (Å²) in [6.07, 6.45) is 12.2. The maximum atomic E-state index is 12.0. The fourth-order valence-corrected chi connectivity index (χ4v) is 4.72. The lowest BCUT2D eigenvalue weighted by molar-refractivity contribution is 0.00450. The van der Waals surface area contributed by atoms with Gasteiger partial charge in [-0.05, 0) is 63.7 Å². The Balaban J connectivity index is 1.89. The molecule has 2 heterocycles. The highest BCUT2D eigenvalue weighted by Crippen LogP contribution is 2.41. The quantitative estimate of drug-likeness (QED) is 0.609. The second-order valence-electron chi connectivity index (χ2n) is 8.40. The summed E-state index contributed by atoms with van der Waals surface area (Å²) in [6.45, 7) is 3.40. The van der Waals surface area contributed by atoms with Gasteiger partial charge in [0.25, 0.3) is 0 Å². The van der Waals surface area contributed by atoms with Gasteiger partial charge in [0.1, 0.15) is 11.4 Å². The molecule has 0 bridgehead atoms. The zero-order chi connectivity index (χ0) is 21.3. The maximum absolute atomic E-state index is 12.0. The molecule has 2 aliphatic rings. The summed E-state index contributed by atoms with van der Waals surface area (Å²) in [5, 5.41) is 13.0. The zero-order valence-electron chi connectivity index (χ0n) is 17.9. The van der Waals surface area contributed by atoms with Gasteiger partial charge in [0.05, 0.1) is 12.1 Å². The Labute approximate surface area is 187 Å². The monoisotopic (exact) mass is 468 g/mol. The normalized spacial score (nSPS) is 18.3. The smallest absolute Gasteiger partial charge is 0.149 e. The van der Waals surface area contributed by atoms with Crippen molar-refractivity contribution in [1.29, 1.82) is 0 Å². The first-order valence-electron chi connectivity index (χ1n) is 10.6. The van der Waals surface area contributed by atoms with E-state index in [2.05, 4.69) is 51.2 Å². The van der Waals surface area contributed by atoms with Crippen molar-refractivity contribution < 1.29 is 9.84 Å². The fraction of sp³-hybridized carbons (Fsp3) is 0.400. The average molecular weight is 469 g/mol. The molecule has 1 aliphatic carbocycles. The molecule has 2 aromatic rings. The van der Waals surface area contributed by atoms with E-state index >= 15 is 0 Å². The maximum Gasteiger partial charge on any atom is 0.149 e. The number of hydrogen-bond donors (Lipinski definition) is 1. The molecule has 1 aromatic carbocycles. The minimum absolute atomic E-state index is 0.535. The summed E-state index contributed by atoms with van der Waals surface area (Å²) < 4.78 is 6.80. The van der Waals surface area contributed by atoms with Crippen LogP contribution in [0, 0.1) is 6.92 Å². The molecule has 4 rings (SSSR count). The third-order valence-corrected chi connectivity index (χ3v) is 6.32. The number of pyridine rings is 1. The molecular formula is C25H29BrN2O2. The highest BCUT2D eigenvalue weighted by Gasteiger charge is 2.39. The van der Waals surface area contributed by atoms with Crippen LogP contribution in [0.3, 0.4) is 0 Å². The lowest BCUT2D eigenvalue weighted by Gasteiger charge is -2.31. The molecule has 4 nitrogen and oxygen atoms in total. The minimum atomic E-state index is -1.21. The summed E-state index contributed by atoms with van der Waals surface area (Å²) in [5.74, 6) is 0.644. The summed E-state index contributed by atoms with van der Waals surface area (Å²) in [6, 6.07) is 6.27. The van der Waals surface area contributed by atoms with Gasteiger partial charge in [-0.25, -0.2) is 0 Å². The topological polar surface area (TPSA) is 45.6 Å². The number of nitrogens with zero attached hydrogens (tertiary/aromatic N) is 2. The Morgan fingerprint density at radius 3 is 2.67 bits per heavy atom. The number of aromatic nitrogens is 1. The first kappa shape index (κ1) is 21.3. The predicted octanol–water partition coefficient (Wildman–Crippen LogP) is 5.48. The largest absolute Gasteiger partial charge is 0.494 e. The molecule has 0 fully saturated rings. The van der Waals surface area contributed by atoms with E-state index < -0.39 is 5.60 Å². The minimum Gasteiger partial charge on any atom is -0.494 e. The Morgan fingerprint density at radius 1 is 1.17 bits per heavy atom. The average Bonchev–Trinajstić information content (AvgIpc) is 3.27. The lowest BCUT2D eigenvalue weighted by Crippen LogP contribution is -2.33. The zero-order valence-corrected chi connectivity index (χ0v) is 19.5. The Kier molecular flexibility index (Phi) is 6.14. The number of halogens is 1. The van der Waals surface area contributed by atoms with E-state index in [0.717, 1.165) is 58.0 Å². The fourth-order valence-electron chi connectivity index (χ4n) is 4.25. The van der Waals surface area contributed by atoms with Gasteiger partial charge in [0.2, 0.25) is 0 Å². The summed E-state index contributed by atoms with van der Waals surface area (Å²) in [4.78, 5) is 7.09. The molecule has 1 atom stereocenters. The molecule has 0 radical (unpaired) electrons. The van der Waals surface area contributed by atoms with E-state index in [1.807, 2.05) is 33.2 Å². The first-order chi connectivity index (χ1) is 14.4. The Morgan fingerprint density at radius 2 is 2.00 bits per heavy atom. The summed E-state index contributed by atoms with van der Waals surface area (Å²) in [7, 11) is 4.03. The van der Waals surface area contributed by atoms with Gasteiger partial charge in [0.15, 0.2) is 0 Å². The van der Waals surface area contributed by atoms with Crippen molar-refractivity contribution in [2.45, 2.75) is 38.2 Å². The second-order valence-corrected chi connectivity index (χ2v) is 9.32. The number of ether oxygens (including phenoxy) is 1. The molecule has 5 heteroatoms. The van der Waals surface area contributed by atoms with Gasteiger partial charge >= 0.3 is 0 Å². The Bertz CT molecular complexity index is 1050. The van der Waals surface area contributed by atoms with Gasteiger partial charge in [-0.2, -0.15) is 0 Å². The molecule has 0 saturated heterocycles. The van der Waals surface area contributed by atoms with Crippen molar-refractivity contribution >= 4 is 32.4 Å². The Hall–Kier alpha value is -1.95. The molecule has 0 saturated carbocycles. The molecule has 1 aliphatic heterocycles. The number of allylic oxidation sites excluding steroid dienone is 4. The van der Waals surface area contributed by atoms with Crippen molar-refractivity contribution in [3.8, 4) is 0 Å². The van der Waals surface area contributed by atoms with Crippen LogP contribution in [0.15, 0.2) is 52.7 Å². The SMILES string of the molecule is Cc1nc2c(C(O)(CCN(C)C)C3=CCCO3)cc(Br)cc2cc1C1=CCCC=C1. The molecule has 30 heavy (non-hydrogen) atoms. The molecular weight excluding hydrogens is 440 g/mol. The van der Waals surface area contributed by atoms with E-state index in [1.165, 1.54) is 5.57 Å². The van der Waals surface area contributed by atoms with Crippen molar-refractivity contribution in [3.63, 3.8) is 0 Å². The third kappa shape index (κ3) is 4.11. The van der Waals surface area contributed by atoms with Crippen LogP contribution in [0.25, 0.3) is 16.5 Å². The van der Waals surface area contributed by atoms with Crippen LogP contribution in [-0.2, 0) is 10.3 Å². The second kappa shape index (κ2) is 8.66. The van der Waals surface area contributed by atoms with Crippen molar-refractivity contribution in [2.24, 2.45) is 0 Å². The van der Waals surface area contributed by atoms with Crippen LogP contribution in [0.5, 0.6) is 0 Å². The van der Waals surface area contributed by atoms with E-state index in [0.29, 0.717) is 18.8 Å². The standard InChI is InChI=1S/C25H29BrN2O2/c1-17-21(18-8-5-4-6-9-18)15-19-14-20(26)16-22(24(19)27-17)25(29,11-12-28(2)3)23-10-7-13-30-23/h5,8-10,14-16,29H,4,6-7,11-13H2,1-3H3. The first-order valence-corrected chi connectivity index (χ1v) is 11.4. The van der Waals surface area contributed by atoms with Crippen molar-refractivity contribution in [2.75, 3.05) is 27.2 Å². The summed E-state index contributed by atoms with van der Waals surface area (Å²) >= 11 is 3.67. The van der Waals surface area contributed by atoms with Crippen molar-refractivity contribution in [3.05, 3.63) is 69.6 Å². The highest BCUT2D eigenvalue weighted by molar-refractivity contribution is 9.10. The van der Waals surface area contributed by atoms with Crippen LogP contribution in [0.2, 0.25) is 0 Å². The number of benzene rings is 1.